The first-order valence-electron chi connectivity index (χ1n) is 7.21. The lowest BCUT2D eigenvalue weighted by molar-refractivity contribution is -0.159. The number of carboxylic acids is 2. The molecule has 0 atom stereocenters. The fourth-order valence-electron chi connectivity index (χ4n) is 2.37. The molecule has 0 bridgehead atoms. The van der Waals surface area contributed by atoms with Crippen LogP contribution < -0.4 is 9.47 Å². The van der Waals surface area contributed by atoms with Crippen molar-refractivity contribution in [3.8, 4) is 11.5 Å². The number of aliphatic hydroxyl groups is 1. The molecule has 3 N–H and O–H groups in total. The lowest BCUT2D eigenvalue weighted by Crippen LogP contribution is -2.35. The molecule has 126 valence electrons. The van der Waals surface area contributed by atoms with Gasteiger partial charge in [0.15, 0.2) is 11.5 Å². The van der Waals surface area contributed by atoms with Crippen molar-refractivity contribution in [3.05, 3.63) is 23.8 Å². The van der Waals surface area contributed by atoms with Crippen LogP contribution in [-0.2, 0) is 16.1 Å². The summed E-state index contributed by atoms with van der Waals surface area (Å²) in [6.45, 7) is 3.18. The number of ether oxygens (including phenoxy) is 2. The van der Waals surface area contributed by atoms with Crippen molar-refractivity contribution in [2.75, 3.05) is 19.9 Å². The van der Waals surface area contributed by atoms with E-state index in [9.17, 15) is 5.11 Å². The van der Waals surface area contributed by atoms with E-state index >= 15 is 0 Å². The van der Waals surface area contributed by atoms with Gasteiger partial charge in [-0.25, -0.2) is 9.59 Å². The van der Waals surface area contributed by atoms with Gasteiger partial charge in [0.25, 0.3) is 0 Å². The molecule has 0 amide bonds. The molecule has 0 aliphatic carbocycles. The number of benzene rings is 1. The normalized spacial score (nSPS) is 17.3. The zero-order valence-electron chi connectivity index (χ0n) is 12.5. The van der Waals surface area contributed by atoms with Crippen LogP contribution in [0.1, 0.15) is 18.4 Å². The highest BCUT2D eigenvalue weighted by Gasteiger charge is 2.18. The summed E-state index contributed by atoms with van der Waals surface area (Å²) in [6.07, 6.45) is 1.65. The van der Waals surface area contributed by atoms with E-state index in [1.54, 1.807) is 0 Å². The van der Waals surface area contributed by atoms with E-state index in [1.165, 1.54) is 5.56 Å². The third-order valence-electron chi connectivity index (χ3n) is 3.58. The number of carboxylic acid groups (broad SMARTS) is 2. The van der Waals surface area contributed by atoms with Crippen LogP contribution in [-0.4, -0.2) is 58.1 Å². The average molecular weight is 325 g/mol. The number of piperidine rings is 1. The molecule has 1 saturated heterocycles. The van der Waals surface area contributed by atoms with Crippen LogP contribution in [0.3, 0.4) is 0 Å². The van der Waals surface area contributed by atoms with Gasteiger partial charge in [-0.15, -0.1) is 0 Å². The smallest absolute Gasteiger partial charge is 0.414 e. The van der Waals surface area contributed by atoms with E-state index < -0.39 is 11.9 Å². The fraction of sp³-hybridized carbons (Fsp3) is 0.467. The molecule has 0 saturated carbocycles. The van der Waals surface area contributed by atoms with E-state index in [0.717, 1.165) is 44.0 Å². The van der Waals surface area contributed by atoms with Gasteiger partial charge in [0.2, 0.25) is 6.79 Å². The molecule has 2 aliphatic heterocycles. The molecule has 0 spiro atoms. The Kier molecular flexibility index (Phi) is 5.78. The molecule has 1 aromatic rings. The molecule has 8 heteroatoms. The van der Waals surface area contributed by atoms with Crippen molar-refractivity contribution in [2.24, 2.45) is 0 Å². The summed E-state index contributed by atoms with van der Waals surface area (Å²) in [6, 6.07) is 6.10. The summed E-state index contributed by atoms with van der Waals surface area (Å²) < 4.78 is 10.7. The lowest BCUT2D eigenvalue weighted by Gasteiger charge is -2.29. The highest BCUT2D eigenvalue weighted by molar-refractivity contribution is 6.27. The van der Waals surface area contributed by atoms with Crippen LogP contribution in [0.25, 0.3) is 0 Å². The van der Waals surface area contributed by atoms with Gasteiger partial charge in [0, 0.05) is 19.6 Å². The molecule has 0 radical (unpaired) electrons. The molecule has 1 fully saturated rings. The van der Waals surface area contributed by atoms with Crippen LogP contribution in [0.15, 0.2) is 18.2 Å². The molecule has 2 heterocycles. The molecule has 3 rings (SSSR count). The Morgan fingerprint density at radius 2 is 1.70 bits per heavy atom. The maximum absolute atomic E-state index is 9.46. The summed E-state index contributed by atoms with van der Waals surface area (Å²) in [5.74, 6) is -1.97. The van der Waals surface area contributed by atoms with Gasteiger partial charge in [-0.2, -0.15) is 0 Å². The van der Waals surface area contributed by atoms with Crippen molar-refractivity contribution < 1.29 is 34.4 Å². The minimum atomic E-state index is -1.82. The molecule has 1 aromatic carbocycles. The van der Waals surface area contributed by atoms with Gasteiger partial charge in [0.1, 0.15) is 0 Å². The zero-order valence-corrected chi connectivity index (χ0v) is 12.5. The number of hydrogen-bond acceptors (Lipinski definition) is 6. The fourth-order valence-corrected chi connectivity index (χ4v) is 2.37. The molecular weight excluding hydrogens is 306 g/mol. The van der Waals surface area contributed by atoms with Gasteiger partial charge >= 0.3 is 11.9 Å². The van der Waals surface area contributed by atoms with Gasteiger partial charge in [-0.05, 0) is 30.5 Å². The molecular formula is C15H19NO7. The largest absolute Gasteiger partial charge is 0.473 e. The zero-order chi connectivity index (χ0) is 16.8. The highest BCUT2D eigenvalue weighted by Crippen LogP contribution is 2.32. The van der Waals surface area contributed by atoms with Gasteiger partial charge in [-0.1, -0.05) is 6.07 Å². The summed E-state index contributed by atoms with van der Waals surface area (Å²) in [5.41, 5.74) is 1.24. The van der Waals surface area contributed by atoms with Crippen LogP contribution in [0.5, 0.6) is 11.5 Å². The van der Waals surface area contributed by atoms with E-state index in [4.69, 9.17) is 29.3 Å². The predicted octanol–water partition coefficient (Wildman–Crippen LogP) is 0.528. The van der Waals surface area contributed by atoms with Crippen LogP contribution >= 0.6 is 0 Å². The second kappa shape index (κ2) is 7.80. The molecule has 8 nitrogen and oxygen atoms in total. The van der Waals surface area contributed by atoms with Crippen LogP contribution in [0, 0.1) is 0 Å². The van der Waals surface area contributed by atoms with Gasteiger partial charge in [-0.3, -0.25) is 4.90 Å². The second-order valence-corrected chi connectivity index (χ2v) is 5.31. The summed E-state index contributed by atoms with van der Waals surface area (Å²) >= 11 is 0. The lowest BCUT2D eigenvalue weighted by atomic mass is 10.1. The quantitative estimate of drug-likeness (QED) is 0.674. The number of hydrogen-bond donors (Lipinski definition) is 3. The van der Waals surface area contributed by atoms with Gasteiger partial charge in [0.05, 0.1) is 6.10 Å². The van der Waals surface area contributed by atoms with Crippen LogP contribution in [0.2, 0.25) is 0 Å². The predicted molar refractivity (Wildman–Crippen MR) is 78.4 cm³/mol. The Balaban J connectivity index is 0.000000277. The maximum atomic E-state index is 9.46. The number of rotatable bonds is 2. The van der Waals surface area contributed by atoms with Crippen molar-refractivity contribution in [2.45, 2.75) is 25.5 Å². The van der Waals surface area contributed by atoms with E-state index in [0.29, 0.717) is 6.79 Å². The molecule has 0 aromatic heterocycles. The third kappa shape index (κ3) is 5.11. The topological polar surface area (TPSA) is 117 Å². The number of nitrogens with zero attached hydrogens (tertiary/aromatic N) is 1. The SMILES string of the molecule is O=C(O)C(=O)O.OC1CCN(Cc2ccc3c(c2)OCO3)CC1. The van der Waals surface area contributed by atoms with Crippen molar-refractivity contribution >= 4 is 11.9 Å². The molecule has 0 unspecified atom stereocenters. The standard InChI is InChI=1S/C13H17NO3.C2H2O4/c15-11-3-5-14(6-4-11)8-10-1-2-12-13(7-10)17-9-16-12;3-1(4)2(5)6/h1-2,7,11,15H,3-6,8-9H2;(H,3,4)(H,5,6). The number of fused-ring (bicyclic) bond motifs is 1. The summed E-state index contributed by atoms with van der Waals surface area (Å²) in [5, 5.41) is 24.2. The second-order valence-electron chi connectivity index (χ2n) is 5.31. The molecule has 23 heavy (non-hydrogen) atoms. The first kappa shape index (κ1) is 17.0. The Morgan fingerprint density at radius 3 is 2.30 bits per heavy atom. The minimum Gasteiger partial charge on any atom is -0.473 e. The highest BCUT2D eigenvalue weighted by atomic mass is 16.7. The number of likely N-dealkylation sites (tertiary alicyclic amines) is 1. The van der Waals surface area contributed by atoms with E-state index in [1.807, 2.05) is 12.1 Å². The first-order valence-corrected chi connectivity index (χ1v) is 7.21. The molecule has 2 aliphatic rings. The number of aliphatic carboxylic acids is 2. The average Bonchev–Trinajstić information content (AvgIpc) is 2.98. The monoisotopic (exact) mass is 325 g/mol. The maximum Gasteiger partial charge on any atom is 0.414 e. The minimum absolute atomic E-state index is 0.108. The van der Waals surface area contributed by atoms with E-state index in [2.05, 4.69) is 11.0 Å². The summed E-state index contributed by atoms with van der Waals surface area (Å²) in [4.78, 5) is 20.6. The van der Waals surface area contributed by atoms with Gasteiger partial charge < -0.3 is 24.8 Å². The number of aliphatic hydroxyl groups excluding tert-OH is 1. The Bertz CT molecular complexity index is 555. The Morgan fingerprint density at radius 1 is 1.09 bits per heavy atom. The van der Waals surface area contributed by atoms with Crippen molar-refractivity contribution in [3.63, 3.8) is 0 Å². The van der Waals surface area contributed by atoms with Crippen molar-refractivity contribution in [1.29, 1.82) is 0 Å². The third-order valence-corrected chi connectivity index (χ3v) is 3.58. The summed E-state index contributed by atoms with van der Waals surface area (Å²) in [7, 11) is 0. The van der Waals surface area contributed by atoms with E-state index in [-0.39, 0.29) is 6.10 Å². The Hall–Kier alpha value is -2.32. The first-order chi connectivity index (χ1) is 11.0. The van der Waals surface area contributed by atoms with Crippen molar-refractivity contribution in [1.82, 2.24) is 4.90 Å². The number of carbonyl (C=O) groups is 2. The Labute approximate surface area is 132 Å². The van der Waals surface area contributed by atoms with Crippen LogP contribution in [0.4, 0.5) is 0 Å².